The number of aromatic nitrogens is 3. The minimum Gasteiger partial charge on any atom is -0.449 e. The van der Waals surface area contributed by atoms with Crippen molar-refractivity contribution in [3.63, 3.8) is 0 Å². The lowest BCUT2D eigenvalue weighted by atomic mass is 10.0. The number of anilines is 1. The zero-order valence-electron chi connectivity index (χ0n) is 24.3. The first kappa shape index (κ1) is 29.5. The van der Waals surface area contributed by atoms with Gasteiger partial charge in [0.05, 0.1) is 12.1 Å². The molecule has 0 radical (unpaired) electrons. The average Bonchev–Trinajstić information content (AvgIpc) is 2.97. The van der Waals surface area contributed by atoms with Gasteiger partial charge in [-0.25, -0.2) is 23.5 Å². The number of carbonyl (C=O) groups is 1. The van der Waals surface area contributed by atoms with Gasteiger partial charge in [0.15, 0.2) is 0 Å². The Kier molecular flexibility index (Phi) is 8.77. The molecule has 2 aromatic heterocycles. The SMILES string of the molecule is CCCCOC(=O)N1CCN(c2nc(=O)n(-c3ncccc3C(C)C)c3cc(-c4ccccc4F)c(Cl)cc23)C(C)C1. The first-order valence-corrected chi connectivity index (χ1v) is 14.7. The third kappa shape index (κ3) is 5.70. The van der Waals surface area contributed by atoms with Gasteiger partial charge in [0, 0.05) is 53.4 Å². The van der Waals surface area contributed by atoms with Crippen LogP contribution in [0.2, 0.25) is 5.02 Å². The Morgan fingerprint density at radius 1 is 1.12 bits per heavy atom. The second-order valence-electron chi connectivity index (χ2n) is 10.9. The topological polar surface area (TPSA) is 80.6 Å². The van der Waals surface area contributed by atoms with Gasteiger partial charge in [-0.3, -0.25) is 0 Å². The van der Waals surface area contributed by atoms with Crippen LogP contribution in [0.25, 0.3) is 27.8 Å². The first-order valence-electron chi connectivity index (χ1n) is 14.4. The number of halogens is 2. The summed E-state index contributed by atoms with van der Waals surface area (Å²) in [4.78, 5) is 39.4. The number of rotatable bonds is 7. The van der Waals surface area contributed by atoms with Crippen LogP contribution in [0, 0.1) is 5.82 Å². The Bertz CT molecular complexity index is 1670. The molecule has 42 heavy (non-hydrogen) atoms. The number of unbranched alkanes of at least 4 members (excludes halogenated alkanes) is 1. The van der Waals surface area contributed by atoms with Crippen LogP contribution < -0.4 is 10.6 Å². The van der Waals surface area contributed by atoms with E-state index in [0.717, 1.165) is 18.4 Å². The summed E-state index contributed by atoms with van der Waals surface area (Å²) in [5.74, 6) is 0.592. The normalized spacial score (nSPS) is 15.5. The molecule has 220 valence electrons. The van der Waals surface area contributed by atoms with Crippen LogP contribution in [0.5, 0.6) is 0 Å². The number of nitrogens with zero attached hydrogens (tertiary/aromatic N) is 5. The molecule has 4 aromatic rings. The minimum atomic E-state index is -0.506. The Hall–Kier alpha value is -3.98. The molecule has 8 nitrogen and oxygen atoms in total. The number of carbonyl (C=O) groups excluding carboxylic acids is 1. The number of hydrogen-bond donors (Lipinski definition) is 0. The Morgan fingerprint density at radius 2 is 1.90 bits per heavy atom. The highest BCUT2D eigenvalue weighted by Crippen LogP contribution is 2.37. The van der Waals surface area contributed by atoms with Crippen molar-refractivity contribution in [2.75, 3.05) is 31.1 Å². The van der Waals surface area contributed by atoms with Crippen LogP contribution in [0.3, 0.4) is 0 Å². The standard InChI is InChI=1S/C32H35ClFN5O3/c1-5-6-16-42-32(41)37-14-15-38(21(4)19-37)30-25-17-26(33)24(23-10-7-8-12-27(23)34)18-28(25)39(31(40)36-30)29-22(20(2)3)11-9-13-35-29/h7-13,17-18,20-21H,5-6,14-16,19H2,1-4H3. The summed E-state index contributed by atoms with van der Waals surface area (Å²) in [7, 11) is 0. The van der Waals surface area contributed by atoms with Crippen LogP contribution in [-0.4, -0.2) is 57.8 Å². The maximum Gasteiger partial charge on any atom is 0.409 e. The molecule has 1 aliphatic heterocycles. The van der Waals surface area contributed by atoms with Crippen LogP contribution in [0.4, 0.5) is 15.0 Å². The van der Waals surface area contributed by atoms with Crippen molar-refractivity contribution in [2.45, 2.75) is 52.5 Å². The van der Waals surface area contributed by atoms with Crippen LogP contribution in [0.1, 0.15) is 52.0 Å². The van der Waals surface area contributed by atoms with E-state index in [4.69, 9.17) is 16.3 Å². The predicted octanol–water partition coefficient (Wildman–Crippen LogP) is 6.81. The van der Waals surface area contributed by atoms with Gasteiger partial charge in [-0.05, 0) is 49.1 Å². The van der Waals surface area contributed by atoms with Gasteiger partial charge < -0.3 is 14.5 Å². The van der Waals surface area contributed by atoms with E-state index in [2.05, 4.69) is 9.97 Å². The maximum atomic E-state index is 14.9. The Morgan fingerprint density at radius 3 is 2.62 bits per heavy atom. The van der Waals surface area contributed by atoms with Crippen LogP contribution in [0.15, 0.2) is 59.5 Å². The molecule has 1 fully saturated rings. The quantitative estimate of drug-likeness (QED) is 0.220. The van der Waals surface area contributed by atoms with E-state index < -0.39 is 11.5 Å². The highest BCUT2D eigenvalue weighted by atomic mass is 35.5. The molecule has 1 saturated heterocycles. The second kappa shape index (κ2) is 12.5. The highest BCUT2D eigenvalue weighted by molar-refractivity contribution is 6.34. The third-order valence-electron chi connectivity index (χ3n) is 7.66. The number of fused-ring (bicyclic) bond motifs is 1. The minimum absolute atomic E-state index is 0.0823. The third-order valence-corrected chi connectivity index (χ3v) is 7.97. The largest absolute Gasteiger partial charge is 0.449 e. The summed E-state index contributed by atoms with van der Waals surface area (Å²) >= 11 is 6.82. The van der Waals surface area contributed by atoms with E-state index >= 15 is 0 Å². The number of amides is 1. The monoisotopic (exact) mass is 591 g/mol. The summed E-state index contributed by atoms with van der Waals surface area (Å²) in [6.45, 7) is 9.76. The predicted molar refractivity (Wildman–Crippen MR) is 164 cm³/mol. The zero-order chi connectivity index (χ0) is 30.0. The molecular formula is C32H35ClFN5O3. The second-order valence-corrected chi connectivity index (χ2v) is 11.3. The average molecular weight is 592 g/mol. The van der Waals surface area contributed by atoms with Gasteiger partial charge >= 0.3 is 11.8 Å². The number of pyridine rings is 1. The van der Waals surface area contributed by atoms with Gasteiger partial charge in [-0.1, -0.05) is 63.1 Å². The summed E-state index contributed by atoms with van der Waals surface area (Å²) in [6, 6.07) is 13.5. The van der Waals surface area contributed by atoms with E-state index in [1.165, 1.54) is 10.6 Å². The van der Waals surface area contributed by atoms with Crippen molar-refractivity contribution in [1.29, 1.82) is 0 Å². The van der Waals surface area contributed by atoms with Gasteiger partial charge in [0.25, 0.3) is 0 Å². The Labute approximate surface area is 249 Å². The van der Waals surface area contributed by atoms with E-state index in [9.17, 15) is 14.0 Å². The molecule has 0 spiro atoms. The van der Waals surface area contributed by atoms with Gasteiger partial charge in [-0.2, -0.15) is 4.98 Å². The molecule has 5 rings (SSSR count). The van der Waals surface area contributed by atoms with Gasteiger partial charge in [-0.15, -0.1) is 0 Å². The van der Waals surface area contributed by atoms with Crippen molar-refractivity contribution in [3.8, 4) is 16.9 Å². The molecule has 0 aliphatic carbocycles. The molecule has 1 aliphatic rings. The lowest BCUT2D eigenvalue weighted by Crippen LogP contribution is -2.54. The fraction of sp³-hybridized carbons (Fsp3) is 0.375. The molecule has 3 heterocycles. The molecule has 1 unspecified atom stereocenters. The molecular weight excluding hydrogens is 557 g/mol. The summed E-state index contributed by atoms with van der Waals surface area (Å²) in [5.41, 5.74) is 1.68. The van der Waals surface area contributed by atoms with Crippen molar-refractivity contribution in [2.24, 2.45) is 0 Å². The lowest BCUT2D eigenvalue weighted by molar-refractivity contribution is 0.0944. The molecule has 1 atom stereocenters. The molecule has 0 N–H and O–H groups in total. The molecule has 10 heteroatoms. The summed E-state index contributed by atoms with van der Waals surface area (Å²) < 4.78 is 21.9. The summed E-state index contributed by atoms with van der Waals surface area (Å²) in [6.07, 6.45) is 3.07. The number of benzene rings is 2. The summed E-state index contributed by atoms with van der Waals surface area (Å²) in [5, 5.41) is 0.961. The van der Waals surface area contributed by atoms with E-state index in [1.807, 2.05) is 44.7 Å². The van der Waals surface area contributed by atoms with Crippen LogP contribution in [-0.2, 0) is 4.74 Å². The molecule has 1 amide bonds. The lowest BCUT2D eigenvalue weighted by Gasteiger charge is -2.40. The number of piperazine rings is 1. The van der Waals surface area contributed by atoms with E-state index in [0.29, 0.717) is 64.9 Å². The zero-order valence-corrected chi connectivity index (χ0v) is 25.1. The number of ether oxygens (including phenoxy) is 1. The Balaban J connectivity index is 1.66. The van der Waals surface area contributed by atoms with E-state index in [-0.39, 0.29) is 18.1 Å². The van der Waals surface area contributed by atoms with Crippen molar-refractivity contribution in [1.82, 2.24) is 19.4 Å². The molecule has 2 aromatic carbocycles. The van der Waals surface area contributed by atoms with Crippen molar-refractivity contribution < 1.29 is 13.9 Å². The van der Waals surface area contributed by atoms with Crippen LogP contribution >= 0.6 is 11.6 Å². The maximum absolute atomic E-state index is 14.9. The fourth-order valence-electron chi connectivity index (χ4n) is 5.42. The highest BCUT2D eigenvalue weighted by Gasteiger charge is 2.31. The first-order chi connectivity index (χ1) is 20.2. The van der Waals surface area contributed by atoms with Crippen molar-refractivity contribution >= 4 is 34.4 Å². The fourth-order valence-corrected chi connectivity index (χ4v) is 5.69. The molecule has 0 bridgehead atoms. The van der Waals surface area contributed by atoms with Crippen molar-refractivity contribution in [3.05, 3.63) is 81.6 Å². The number of hydrogen-bond acceptors (Lipinski definition) is 6. The molecule has 0 saturated carbocycles. The van der Waals surface area contributed by atoms with E-state index in [1.54, 1.807) is 41.4 Å². The van der Waals surface area contributed by atoms with Gasteiger partial charge in [0.1, 0.15) is 17.5 Å². The van der Waals surface area contributed by atoms with Gasteiger partial charge in [0.2, 0.25) is 0 Å². The smallest absolute Gasteiger partial charge is 0.409 e.